The normalized spacial score (nSPS) is 28.1. The molecule has 0 aromatic heterocycles. The van der Waals surface area contributed by atoms with Gasteiger partial charge in [-0.15, -0.1) is 0 Å². The summed E-state index contributed by atoms with van der Waals surface area (Å²) in [7, 11) is 2.35. The van der Waals surface area contributed by atoms with Crippen LogP contribution in [0, 0.1) is 5.92 Å². The van der Waals surface area contributed by atoms with E-state index in [1.54, 1.807) is 0 Å². The molecule has 0 heterocycles. The highest BCUT2D eigenvalue weighted by Gasteiger charge is 2.37. The number of rotatable bonds is 8. The summed E-state index contributed by atoms with van der Waals surface area (Å²) >= 11 is 0. The summed E-state index contributed by atoms with van der Waals surface area (Å²) < 4.78 is 0. The van der Waals surface area contributed by atoms with Crippen molar-refractivity contribution in [3.05, 3.63) is 0 Å². The van der Waals surface area contributed by atoms with E-state index in [-0.39, 0.29) is 0 Å². The predicted octanol–water partition coefficient (Wildman–Crippen LogP) is 4.44. The zero-order valence-corrected chi connectivity index (χ0v) is 14.8. The molecule has 1 rings (SSSR count). The fourth-order valence-corrected chi connectivity index (χ4v) is 3.60. The molecule has 0 bridgehead atoms. The number of hydrogen-bond acceptors (Lipinski definition) is 2. The molecule has 3 atom stereocenters. The van der Waals surface area contributed by atoms with E-state index in [0.717, 1.165) is 5.92 Å². The van der Waals surface area contributed by atoms with Crippen LogP contribution in [-0.4, -0.2) is 36.1 Å². The molecule has 1 aliphatic rings. The van der Waals surface area contributed by atoms with Gasteiger partial charge in [0.05, 0.1) is 0 Å². The Morgan fingerprint density at radius 1 is 1.10 bits per heavy atom. The molecular weight excluding hydrogens is 244 g/mol. The SMILES string of the molecule is CCCNC1CCC(CCC)CC1N(C)C(C)(C)CC. The Balaban J connectivity index is 2.75. The summed E-state index contributed by atoms with van der Waals surface area (Å²) in [5.41, 5.74) is 0.310. The molecule has 2 nitrogen and oxygen atoms in total. The fraction of sp³-hybridized carbons (Fsp3) is 1.00. The summed E-state index contributed by atoms with van der Waals surface area (Å²) in [6.07, 6.45) is 9.38. The van der Waals surface area contributed by atoms with Crippen LogP contribution in [0.4, 0.5) is 0 Å². The van der Waals surface area contributed by atoms with Crippen molar-refractivity contribution in [3.8, 4) is 0 Å². The lowest BCUT2D eigenvalue weighted by Crippen LogP contribution is -2.58. The van der Waals surface area contributed by atoms with Crippen molar-refractivity contribution in [2.75, 3.05) is 13.6 Å². The van der Waals surface area contributed by atoms with Crippen LogP contribution in [0.3, 0.4) is 0 Å². The van der Waals surface area contributed by atoms with Gasteiger partial charge in [0.2, 0.25) is 0 Å². The molecule has 0 amide bonds. The molecule has 0 spiro atoms. The maximum Gasteiger partial charge on any atom is 0.0254 e. The van der Waals surface area contributed by atoms with E-state index in [2.05, 4.69) is 51.9 Å². The minimum atomic E-state index is 0.310. The van der Waals surface area contributed by atoms with Crippen molar-refractivity contribution in [2.24, 2.45) is 5.92 Å². The highest BCUT2D eigenvalue weighted by atomic mass is 15.2. The van der Waals surface area contributed by atoms with Gasteiger partial charge in [-0.3, -0.25) is 4.90 Å². The van der Waals surface area contributed by atoms with Gasteiger partial charge in [0.25, 0.3) is 0 Å². The van der Waals surface area contributed by atoms with Gasteiger partial charge in [0.15, 0.2) is 0 Å². The summed E-state index contributed by atoms with van der Waals surface area (Å²) in [6.45, 7) is 12.9. The highest BCUT2D eigenvalue weighted by molar-refractivity contribution is 4.94. The minimum absolute atomic E-state index is 0.310. The third-order valence-electron chi connectivity index (χ3n) is 5.60. The largest absolute Gasteiger partial charge is 0.312 e. The zero-order valence-electron chi connectivity index (χ0n) is 14.8. The third kappa shape index (κ3) is 4.73. The molecule has 1 aliphatic carbocycles. The van der Waals surface area contributed by atoms with Crippen molar-refractivity contribution in [3.63, 3.8) is 0 Å². The fourth-order valence-electron chi connectivity index (χ4n) is 3.60. The monoisotopic (exact) mass is 282 g/mol. The maximum atomic E-state index is 3.82. The second-order valence-corrected chi connectivity index (χ2v) is 7.37. The lowest BCUT2D eigenvalue weighted by atomic mass is 9.78. The Kier molecular flexibility index (Phi) is 7.53. The van der Waals surface area contributed by atoms with Gasteiger partial charge < -0.3 is 5.32 Å². The van der Waals surface area contributed by atoms with Crippen molar-refractivity contribution in [1.29, 1.82) is 0 Å². The summed E-state index contributed by atoms with van der Waals surface area (Å²) in [5.74, 6) is 0.944. The van der Waals surface area contributed by atoms with E-state index < -0.39 is 0 Å². The Labute approximate surface area is 127 Å². The Hall–Kier alpha value is -0.0800. The first-order chi connectivity index (χ1) is 9.46. The molecule has 120 valence electrons. The molecule has 0 radical (unpaired) electrons. The predicted molar refractivity (Wildman–Crippen MR) is 90.3 cm³/mol. The first kappa shape index (κ1) is 18.0. The van der Waals surface area contributed by atoms with Crippen molar-refractivity contribution < 1.29 is 0 Å². The van der Waals surface area contributed by atoms with Crippen LogP contribution in [-0.2, 0) is 0 Å². The van der Waals surface area contributed by atoms with Gasteiger partial charge in [-0.2, -0.15) is 0 Å². The van der Waals surface area contributed by atoms with Crippen LogP contribution in [0.2, 0.25) is 0 Å². The first-order valence-corrected chi connectivity index (χ1v) is 8.92. The van der Waals surface area contributed by atoms with E-state index in [4.69, 9.17) is 0 Å². The van der Waals surface area contributed by atoms with Crippen LogP contribution in [0.25, 0.3) is 0 Å². The second kappa shape index (κ2) is 8.38. The average Bonchev–Trinajstić information content (AvgIpc) is 2.45. The number of hydrogen-bond donors (Lipinski definition) is 1. The molecule has 0 aromatic rings. The summed E-state index contributed by atoms with van der Waals surface area (Å²) in [4.78, 5) is 2.67. The number of likely N-dealkylation sites (N-methyl/N-ethyl adjacent to an activating group) is 1. The van der Waals surface area contributed by atoms with Crippen molar-refractivity contribution in [1.82, 2.24) is 10.2 Å². The molecule has 1 saturated carbocycles. The topological polar surface area (TPSA) is 15.3 Å². The van der Waals surface area contributed by atoms with Crippen LogP contribution in [0.1, 0.15) is 79.6 Å². The smallest absolute Gasteiger partial charge is 0.0254 e. The van der Waals surface area contributed by atoms with Crippen molar-refractivity contribution in [2.45, 2.75) is 97.2 Å². The van der Waals surface area contributed by atoms with Crippen LogP contribution in [0.15, 0.2) is 0 Å². The van der Waals surface area contributed by atoms with Crippen LogP contribution >= 0.6 is 0 Å². The molecule has 1 fully saturated rings. The molecule has 0 aliphatic heterocycles. The lowest BCUT2D eigenvalue weighted by Gasteiger charge is -2.48. The molecule has 2 heteroatoms. The quantitative estimate of drug-likeness (QED) is 0.708. The summed E-state index contributed by atoms with van der Waals surface area (Å²) in [5, 5.41) is 3.82. The molecule has 0 saturated heterocycles. The Morgan fingerprint density at radius 3 is 2.35 bits per heavy atom. The molecular formula is C18H38N2. The van der Waals surface area contributed by atoms with E-state index in [9.17, 15) is 0 Å². The maximum absolute atomic E-state index is 3.82. The van der Waals surface area contributed by atoms with Gasteiger partial charge in [-0.25, -0.2) is 0 Å². The molecule has 20 heavy (non-hydrogen) atoms. The standard InChI is InChI=1S/C18H38N2/c1-7-10-15-11-12-16(19-13-8-2)17(14-15)20(6)18(4,5)9-3/h15-17,19H,7-14H2,1-6H3. The van der Waals surface area contributed by atoms with Gasteiger partial charge in [-0.05, 0) is 65.5 Å². The lowest BCUT2D eigenvalue weighted by molar-refractivity contribution is 0.0373. The van der Waals surface area contributed by atoms with Gasteiger partial charge in [0.1, 0.15) is 0 Å². The van der Waals surface area contributed by atoms with Crippen LogP contribution in [0.5, 0.6) is 0 Å². The van der Waals surface area contributed by atoms with E-state index in [0.29, 0.717) is 17.6 Å². The Bertz CT molecular complexity index is 262. The molecule has 3 unspecified atom stereocenters. The first-order valence-electron chi connectivity index (χ1n) is 8.92. The van der Waals surface area contributed by atoms with E-state index >= 15 is 0 Å². The third-order valence-corrected chi connectivity index (χ3v) is 5.60. The second-order valence-electron chi connectivity index (χ2n) is 7.37. The zero-order chi connectivity index (χ0) is 15.2. The number of nitrogens with one attached hydrogen (secondary N) is 1. The number of nitrogens with zero attached hydrogens (tertiary/aromatic N) is 1. The van der Waals surface area contributed by atoms with Gasteiger partial charge in [0, 0.05) is 17.6 Å². The van der Waals surface area contributed by atoms with Crippen LogP contribution < -0.4 is 5.32 Å². The summed E-state index contributed by atoms with van der Waals surface area (Å²) in [6, 6.07) is 1.40. The average molecular weight is 283 g/mol. The van der Waals surface area contributed by atoms with E-state index in [1.807, 2.05) is 0 Å². The van der Waals surface area contributed by atoms with Gasteiger partial charge in [-0.1, -0.05) is 33.6 Å². The van der Waals surface area contributed by atoms with Gasteiger partial charge >= 0.3 is 0 Å². The molecule has 0 aromatic carbocycles. The van der Waals surface area contributed by atoms with Crippen molar-refractivity contribution >= 4 is 0 Å². The van der Waals surface area contributed by atoms with E-state index in [1.165, 1.54) is 51.5 Å². The molecule has 1 N–H and O–H groups in total. The Morgan fingerprint density at radius 2 is 1.80 bits per heavy atom. The minimum Gasteiger partial charge on any atom is -0.312 e. The highest BCUT2D eigenvalue weighted by Crippen LogP contribution is 2.34.